The smallest absolute Gasteiger partial charge is 0.419 e. The van der Waals surface area contributed by atoms with E-state index < -0.39 is 23.4 Å². The molecule has 0 heterocycles. The van der Waals surface area contributed by atoms with Crippen LogP contribution in [0.2, 0.25) is 0 Å². The third-order valence-corrected chi connectivity index (χ3v) is 3.80. The van der Waals surface area contributed by atoms with E-state index in [4.69, 9.17) is 14.2 Å². The maximum absolute atomic E-state index is 12.5. The van der Waals surface area contributed by atoms with Crippen LogP contribution in [-0.2, 0) is 14.2 Å². The number of carbonyl (C=O) groups excluding carboxylic acids is 2. The standard InChI is InChI=1S/C18H33NO5/c1-17(2,3)23-15(20)19(16(21)24-18(4,5)6)12-13-8-10-14(22-7)11-9-13/h13-14H,8-12H2,1-7H3. The Kier molecular flexibility index (Phi) is 7.08. The Morgan fingerprint density at radius 1 is 0.875 bits per heavy atom. The van der Waals surface area contributed by atoms with Crippen LogP contribution >= 0.6 is 0 Å². The Labute approximate surface area is 145 Å². The van der Waals surface area contributed by atoms with Gasteiger partial charge < -0.3 is 14.2 Å². The normalized spacial score (nSPS) is 22.0. The highest BCUT2D eigenvalue weighted by molar-refractivity contribution is 5.88. The fourth-order valence-electron chi connectivity index (χ4n) is 2.67. The van der Waals surface area contributed by atoms with E-state index in [1.54, 1.807) is 48.7 Å². The van der Waals surface area contributed by atoms with Crippen LogP contribution in [0.1, 0.15) is 67.2 Å². The van der Waals surface area contributed by atoms with Crippen LogP contribution in [0.5, 0.6) is 0 Å². The molecular weight excluding hydrogens is 310 g/mol. The summed E-state index contributed by atoms with van der Waals surface area (Å²) in [5, 5.41) is 0. The Hall–Kier alpha value is -1.30. The summed E-state index contributed by atoms with van der Waals surface area (Å²) in [4.78, 5) is 26.0. The van der Waals surface area contributed by atoms with Crippen molar-refractivity contribution in [2.75, 3.05) is 13.7 Å². The highest BCUT2D eigenvalue weighted by atomic mass is 16.6. The molecule has 0 N–H and O–H groups in total. The molecule has 24 heavy (non-hydrogen) atoms. The van der Waals surface area contributed by atoms with Crippen LogP contribution in [0.25, 0.3) is 0 Å². The number of hydrogen-bond acceptors (Lipinski definition) is 5. The molecule has 0 aromatic carbocycles. The number of nitrogens with zero attached hydrogens (tertiary/aromatic N) is 1. The van der Waals surface area contributed by atoms with E-state index in [2.05, 4.69) is 0 Å². The summed E-state index contributed by atoms with van der Waals surface area (Å²) in [7, 11) is 1.72. The van der Waals surface area contributed by atoms with E-state index in [0.717, 1.165) is 30.6 Å². The molecule has 1 rings (SSSR count). The Morgan fingerprint density at radius 3 is 1.62 bits per heavy atom. The molecule has 0 aromatic heterocycles. The predicted octanol–water partition coefficient (Wildman–Crippen LogP) is 4.36. The third kappa shape index (κ3) is 7.51. The maximum Gasteiger partial charge on any atom is 0.419 e. The number of hydrogen-bond donors (Lipinski definition) is 0. The zero-order chi connectivity index (χ0) is 18.5. The Balaban J connectivity index is 2.77. The van der Waals surface area contributed by atoms with Gasteiger partial charge in [0.2, 0.25) is 0 Å². The van der Waals surface area contributed by atoms with Crippen molar-refractivity contribution in [3.63, 3.8) is 0 Å². The van der Waals surface area contributed by atoms with Crippen molar-refractivity contribution in [2.24, 2.45) is 5.92 Å². The third-order valence-electron chi connectivity index (χ3n) is 3.80. The lowest BCUT2D eigenvalue weighted by atomic mass is 9.87. The quantitative estimate of drug-likeness (QED) is 0.761. The number of methoxy groups -OCH3 is 1. The van der Waals surface area contributed by atoms with Gasteiger partial charge in [-0.15, -0.1) is 0 Å². The Morgan fingerprint density at radius 2 is 1.29 bits per heavy atom. The molecule has 0 aromatic rings. The molecule has 1 aliphatic carbocycles. The van der Waals surface area contributed by atoms with Gasteiger partial charge in [0, 0.05) is 13.7 Å². The second-order valence-electron chi connectivity index (χ2n) is 8.45. The lowest BCUT2D eigenvalue weighted by molar-refractivity contribution is -0.00544. The monoisotopic (exact) mass is 343 g/mol. The molecule has 1 aliphatic rings. The van der Waals surface area contributed by atoms with Crippen LogP contribution in [0.3, 0.4) is 0 Å². The second kappa shape index (κ2) is 8.19. The van der Waals surface area contributed by atoms with Gasteiger partial charge in [0.25, 0.3) is 0 Å². The first-order chi connectivity index (χ1) is 10.9. The molecule has 0 saturated heterocycles. The van der Waals surface area contributed by atoms with E-state index in [-0.39, 0.29) is 12.0 Å². The molecule has 1 fully saturated rings. The minimum absolute atomic E-state index is 0.247. The van der Waals surface area contributed by atoms with Crippen molar-refractivity contribution < 1.29 is 23.8 Å². The van der Waals surface area contributed by atoms with Crippen molar-refractivity contribution in [3.05, 3.63) is 0 Å². The summed E-state index contributed by atoms with van der Waals surface area (Å²) < 4.78 is 16.1. The van der Waals surface area contributed by atoms with Gasteiger partial charge >= 0.3 is 12.2 Å². The number of ether oxygens (including phenoxy) is 3. The minimum Gasteiger partial charge on any atom is -0.443 e. The van der Waals surface area contributed by atoms with E-state index in [1.807, 2.05) is 0 Å². The van der Waals surface area contributed by atoms with Crippen LogP contribution in [0.15, 0.2) is 0 Å². The first-order valence-corrected chi connectivity index (χ1v) is 8.67. The van der Waals surface area contributed by atoms with Crippen LogP contribution in [-0.4, -0.2) is 48.0 Å². The predicted molar refractivity (Wildman–Crippen MR) is 91.9 cm³/mol. The molecule has 0 radical (unpaired) electrons. The van der Waals surface area contributed by atoms with Gasteiger partial charge in [-0.05, 0) is 73.1 Å². The van der Waals surface area contributed by atoms with Gasteiger partial charge in [-0.1, -0.05) is 0 Å². The summed E-state index contributed by atoms with van der Waals surface area (Å²) in [6.07, 6.45) is 2.70. The van der Waals surface area contributed by atoms with E-state index in [9.17, 15) is 9.59 Å². The van der Waals surface area contributed by atoms with E-state index in [0.29, 0.717) is 6.54 Å². The number of carbonyl (C=O) groups is 2. The van der Waals surface area contributed by atoms with E-state index in [1.165, 1.54) is 0 Å². The fourth-order valence-corrected chi connectivity index (χ4v) is 2.67. The lowest BCUT2D eigenvalue weighted by Crippen LogP contribution is -2.46. The van der Waals surface area contributed by atoms with Gasteiger partial charge in [0.15, 0.2) is 0 Å². The maximum atomic E-state index is 12.5. The van der Waals surface area contributed by atoms with Crippen molar-refractivity contribution in [1.82, 2.24) is 4.90 Å². The number of amides is 2. The zero-order valence-corrected chi connectivity index (χ0v) is 16.2. The molecule has 0 atom stereocenters. The average Bonchev–Trinajstić information content (AvgIpc) is 2.41. The molecule has 0 aliphatic heterocycles. The molecular formula is C18H33NO5. The van der Waals surface area contributed by atoms with Gasteiger partial charge in [-0.3, -0.25) is 0 Å². The van der Waals surface area contributed by atoms with Crippen molar-refractivity contribution in [1.29, 1.82) is 0 Å². The number of rotatable bonds is 3. The van der Waals surface area contributed by atoms with E-state index >= 15 is 0 Å². The van der Waals surface area contributed by atoms with Crippen molar-refractivity contribution >= 4 is 12.2 Å². The van der Waals surface area contributed by atoms with Gasteiger partial charge in [-0.2, -0.15) is 0 Å². The SMILES string of the molecule is COC1CCC(CN(C(=O)OC(C)(C)C)C(=O)OC(C)(C)C)CC1. The zero-order valence-electron chi connectivity index (χ0n) is 16.2. The minimum atomic E-state index is -0.662. The highest BCUT2D eigenvalue weighted by Crippen LogP contribution is 2.27. The fraction of sp³-hybridized carbons (Fsp3) is 0.889. The highest BCUT2D eigenvalue weighted by Gasteiger charge is 2.34. The topological polar surface area (TPSA) is 65.1 Å². The molecule has 0 spiro atoms. The first kappa shape index (κ1) is 20.7. The summed E-state index contributed by atoms with van der Waals surface area (Å²) in [6, 6.07) is 0. The summed E-state index contributed by atoms with van der Waals surface area (Å²) in [5.74, 6) is 0.247. The molecule has 0 unspecified atom stereocenters. The largest absolute Gasteiger partial charge is 0.443 e. The van der Waals surface area contributed by atoms with Crippen molar-refractivity contribution in [3.8, 4) is 0 Å². The molecule has 6 heteroatoms. The Bertz CT molecular complexity index is 400. The second-order valence-corrected chi connectivity index (χ2v) is 8.45. The van der Waals surface area contributed by atoms with Crippen LogP contribution < -0.4 is 0 Å². The van der Waals surface area contributed by atoms with Crippen LogP contribution in [0.4, 0.5) is 9.59 Å². The number of imide groups is 1. The molecule has 140 valence electrons. The molecule has 2 amide bonds. The van der Waals surface area contributed by atoms with Gasteiger partial charge in [-0.25, -0.2) is 14.5 Å². The first-order valence-electron chi connectivity index (χ1n) is 8.67. The lowest BCUT2D eigenvalue weighted by Gasteiger charge is -2.33. The summed E-state index contributed by atoms with van der Waals surface area (Å²) in [6.45, 7) is 11.0. The van der Waals surface area contributed by atoms with Gasteiger partial charge in [0.05, 0.1) is 6.10 Å². The van der Waals surface area contributed by atoms with Gasteiger partial charge in [0.1, 0.15) is 11.2 Å². The summed E-state index contributed by atoms with van der Waals surface area (Å²) >= 11 is 0. The van der Waals surface area contributed by atoms with Crippen molar-refractivity contribution in [2.45, 2.75) is 84.5 Å². The van der Waals surface area contributed by atoms with Crippen LogP contribution in [0, 0.1) is 5.92 Å². The average molecular weight is 343 g/mol. The molecule has 6 nitrogen and oxygen atoms in total. The molecule has 0 bridgehead atoms. The summed E-state index contributed by atoms with van der Waals surface area (Å²) in [5.41, 5.74) is -1.32. The molecule has 1 saturated carbocycles.